The Labute approximate surface area is 124 Å². The van der Waals surface area contributed by atoms with Crippen molar-refractivity contribution in [3.8, 4) is 0 Å². The van der Waals surface area contributed by atoms with Crippen LogP contribution in [0.25, 0.3) is 0 Å². The number of carbonyl (C=O) groups is 1. The summed E-state index contributed by atoms with van der Waals surface area (Å²) < 4.78 is 0. The molecule has 110 valence electrons. The molecule has 0 atom stereocenters. The van der Waals surface area contributed by atoms with E-state index in [4.69, 9.17) is 0 Å². The molecule has 2 rings (SSSR count). The average molecular weight is 284 g/mol. The Hall–Kier alpha value is -2.13. The van der Waals surface area contributed by atoms with Crippen molar-refractivity contribution in [3.63, 3.8) is 0 Å². The van der Waals surface area contributed by atoms with Crippen molar-refractivity contribution in [2.24, 2.45) is 0 Å². The van der Waals surface area contributed by atoms with Gasteiger partial charge in [0.25, 0.3) is 0 Å². The first-order valence-corrected chi connectivity index (χ1v) is 6.89. The summed E-state index contributed by atoms with van der Waals surface area (Å²) in [6.07, 6.45) is 0. The fourth-order valence-corrected chi connectivity index (χ4v) is 2.66. The lowest BCUT2D eigenvalue weighted by Crippen LogP contribution is -2.38. The summed E-state index contributed by atoms with van der Waals surface area (Å²) in [7, 11) is 0. The number of carboxylic acid groups (broad SMARTS) is 1. The fraction of sp³-hybridized carbons (Fsp3) is 0.278. The van der Waals surface area contributed by atoms with E-state index in [1.807, 2.05) is 39.8 Å². The van der Waals surface area contributed by atoms with Gasteiger partial charge < -0.3 is 10.2 Å². The molecule has 0 fully saturated rings. The molecule has 0 bridgehead atoms. The van der Waals surface area contributed by atoms with Crippen molar-refractivity contribution in [1.29, 1.82) is 0 Å². The molecule has 0 radical (unpaired) electrons. The lowest BCUT2D eigenvalue weighted by Gasteiger charge is -2.29. The van der Waals surface area contributed by atoms with E-state index in [0.29, 0.717) is 11.1 Å². The van der Waals surface area contributed by atoms with Crippen molar-refractivity contribution >= 4 is 5.97 Å². The van der Waals surface area contributed by atoms with Crippen LogP contribution in [-0.4, -0.2) is 16.2 Å². The Morgan fingerprint density at radius 2 is 1.24 bits per heavy atom. The van der Waals surface area contributed by atoms with E-state index in [-0.39, 0.29) is 0 Å². The minimum absolute atomic E-state index is 0.420. The van der Waals surface area contributed by atoms with E-state index >= 15 is 0 Å². The van der Waals surface area contributed by atoms with Crippen molar-refractivity contribution in [1.82, 2.24) is 0 Å². The maximum atomic E-state index is 11.9. The Bertz CT molecular complexity index is 650. The third kappa shape index (κ3) is 2.34. The first kappa shape index (κ1) is 15.3. The molecule has 2 aromatic rings. The quantitative estimate of drug-likeness (QED) is 0.909. The van der Waals surface area contributed by atoms with Crippen LogP contribution < -0.4 is 0 Å². The van der Waals surface area contributed by atoms with Crippen LogP contribution in [0.3, 0.4) is 0 Å². The van der Waals surface area contributed by atoms with Crippen LogP contribution in [0.2, 0.25) is 0 Å². The molecule has 0 aliphatic rings. The monoisotopic (exact) mass is 284 g/mol. The summed E-state index contributed by atoms with van der Waals surface area (Å²) in [6, 6.07) is 10.7. The second-order valence-electron chi connectivity index (χ2n) is 5.51. The first-order valence-electron chi connectivity index (χ1n) is 6.89. The highest BCUT2D eigenvalue weighted by Gasteiger charge is 2.42. The molecular formula is C18H20O3. The molecule has 0 amide bonds. The molecular weight excluding hydrogens is 264 g/mol. The van der Waals surface area contributed by atoms with Crippen molar-refractivity contribution in [3.05, 3.63) is 69.8 Å². The van der Waals surface area contributed by atoms with Gasteiger partial charge in [0, 0.05) is 11.1 Å². The molecule has 0 aromatic heterocycles. The standard InChI is InChI=1S/C18H20O3/c1-11-7-5-9-15(13(11)3)18(21,17(19)20)16-10-6-8-12(2)14(16)4/h5-10,21H,1-4H3,(H,19,20). The predicted octanol–water partition coefficient (Wildman–Crippen LogP) is 3.24. The molecule has 2 aromatic carbocycles. The van der Waals surface area contributed by atoms with Crippen LogP contribution in [0.5, 0.6) is 0 Å². The summed E-state index contributed by atoms with van der Waals surface area (Å²) in [5, 5.41) is 20.8. The van der Waals surface area contributed by atoms with Gasteiger partial charge in [-0.25, -0.2) is 4.79 Å². The molecule has 21 heavy (non-hydrogen) atoms. The van der Waals surface area contributed by atoms with Crippen molar-refractivity contribution < 1.29 is 15.0 Å². The van der Waals surface area contributed by atoms with Gasteiger partial charge in [0.05, 0.1) is 0 Å². The zero-order chi connectivity index (χ0) is 15.8. The second-order valence-corrected chi connectivity index (χ2v) is 5.51. The molecule has 0 aliphatic carbocycles. The summed E-state index contributed by atoms with van der Waals surface area (Å²) in [5.74, 6) is -1.26. The van der Waals surface area contributed by atoms with Gasteiger partial charge in [-0.15, -0.1) is 0 Å². The van der Waals surface area contributed by atoms with E-state index in [9.17, 15) is 15.0 Å². The van der Waals surface area contributed by atoms with Crippen molar-refractivity contribution in [2.75, 3.05) is 0 Å². The molecule has 0 heterocycles. The predicted molar refractivity (Wildman–Crippen MR) is 82.5 cm³/mol. The maximum Gasteiger partial charge on any atom is 0.345 e. The van der Waals surface area contributed by atoms with Gasteiger partial charge in [0.15, 0.2) is 0 Å². The number of hydrogen-bond donors (Lipinski definition) is 2. The molecule has 2 N–H and O–H groups in total. The van der Waals surface area contributed by atoms with E-state index in [0.717, 1.165) is 22.3 Å². The van der Waals surface area contributed by atoms with Gasteiger partial charge in [0.2, 0.25) is 5.60 Å². The molecule has 0 unspecified atom stereocenters. The Morgan fingerprint density at radius 3 is 1.57 bits per heavy atom. The number of aliphatic hydroxyl groups is 1. The van der Waals surface area contributed by atoms with Gasteiger partial charge in [-0.2, -0.15) is 0 Å². The van der Waals surface area contributed by atoms with Crippen LogP contribution in [0, 0.1) is 27.7 Å². The lowest BCUT2D eigenvalue weighted by molar-refractivity contribution is -0.155. The molecule has 3 nitrogen and oxygen atoms in total. The zero-order valence-corrected chi connectivity index (χ0v) is 12.8. The molecule has 3 heteroatoms. The summed E-state index contributed by atoms with van der Waals surface area (Å²) >= 11 is 0. The fourth-order valence-electron chi connectivity index (χ4n) is 2.66. The van der Waals surface area contributed by atoms with E-state index in [2.05, 4.69) is 0 Å². The third-order valence-corrected chi connectivity index (χ3v) is 4.30. The van der Waals surface area contributed by atoms with E-state index in [1.54, 1.807) is 24.3 Å². The Morgan fingerprint density at radius 1 is 0.857 bits per heavy atom. The van der Waals surface area contributed by atoms with E-state index < -0.39 is 11.6 Å². The molecule has 0 aliphatic heterocycles. The first-order chi connectivity index (χ1) is 9.80. The highest BCUT2D eigenvalue weighted by Crippen LogP contribution is 2.35. The van der Waals surface area contributed by atoms with Crippen LogP contribution in [-0.2, 0) is 10.4 Å². The SMILES string of the molecule is Cc1cccc(C(O)(C(=O)O)c2cccc(C)c2C)c1C. The van der Waals surface area contributed by atoms with Gasteiger partial charge >= 0.3 is 5.97 Å². The largest absolute Gasteiger partial charge is 0.479 e. The number of aryl methyl sites for hydroxylation is 2. The number of benzene rings is 2. The minimum atomic E-state index is -2.04. The Kier molecular flexibility index (Phi) is 3.88. The van der Waals surface area contributed by atoms with Gasteiger partial charge in [-0.3, -0.25) is 0 Å². The topological polar surface area (TPSA) is 57.5 Å². The maximum absolute atomic E-state index is 11.9. The second kappa shape index (κ2) is 5.34. The highest BCUT2D eigenvalue weighted by atomic mass is 16.4. The summed E-state index contributed by atoms with van der Waals surface area (Å²) in [5.41, 5.74) is 2.31. The summed E-state index contributed by atoms with van der Waals surface area (Å²) in [6.45, 7) is 7.49. The van der Waals surface area contributed by atoms with Crippen LogP contribution >= 0.6 is 0 Å². The highest BCUT2D eigenvalue weighted by molar-refractivity contribution is 5.85. The number of carboxylic acids is 1. The Balaban J connectivity index is 2.81. The van der Waals surface area contributed by atoms with E-state index in [1.165, 1.54) is 0 Å². The number of rotatable bonds is 3. The van der Waals surface area contributed by atoms with Crippen molar-refractivity contribution in [2.45, 2.75) is 33.3 Å². The normalized spacial score (nSPS) is 11.5. The number of hydrogen-bond acceptors (Lipinski definition) is 2. The summed E-state index contributed by atoms with van der Waals surface area (Å²) in [4.78, 5) is 11.9. The molecule has 0 saturated heterocycles. The van der Waals surface area contributed by atoms with Crippen LogP contribution in [0.15, 0.2) is 36.4 Å². The third-order valence-electron chi connectivity index (χ3n) is 4.30. The smallest absolute Gasteiger partial charge is 0.345 e. The molecule has 0 spiro atoms. The van der Waals surface area contributed by atoms with Crippen LogP contribution in [0.1, 0.15) is 33.4 Å². The molecule has 0 saturated carbocycles. The average Bonchev–Trinajstić information content (AvgIpc) is 2.44. The van der Waals surface area contributed by atoms with Gasteiger partial charge in [-0.05, 0) is 49.9 Å². The van der Waals surface area contributed by atoms with Gasteiger partial charge in [-0.1, -0.05) is 36.4 Å². The van der Waals surface area contributed by atoms with Crippen LogP contribution in [0.4, 0.5) is 0 Å². The number of aliphatic carboxylic acids is 1. The zero-order valence-electron chi connectivity index (χ0n) is 12.8. The minimum Gasteiger partial charge on any atom is -0.479 e. The lowest BCUT2D eigenvalue weighted by atomic mass is 9.80. The van der Waals surface area contributed by atoms with Gasteiger partial charge in [0.1, 0.15) is 0 Å².